The van der Waals surface area contributed by atoms with Crippen LogP contribution in [0.4, 0.5) is 0 Å². The molecule has 0 saturated carbocycles. The molecular formula is C6H8N2. The third-order valence-corrected chi connectivity index (χ3v) is 0.943. The van der Waals surface area contributed by atoms with Crippen LogP contribution in [0.1, 0.15) is 5.69 Å². The van der Waals surface area contributed by atoms with Crippen molar-refractivity contribution in [3.8, 4) is 0 Å². The number of nitrogens with zero attached hydrogens (tertiary/aromatic N) is 2. The zero-order valence-electron chi connectivity index (χ0n) is 4.83. The molecule has 0 amide bonds. The number of aryl methyl sites for hydroxylation is 1. The van der Waals surface area contributed by atoms with Gasteiger partial charge in [-0.1, -0.05) is 6.58 Å². The molecule has 1 aromatic heterocycles. The summed E-state index contributed by atoms with van der Waals surface area (Å²) in [6.07, 6.45) is 3.61. The third-order valence-electron chi connectivity index (χ3n) is 0.943. The van der Waals surface area contributed by atoms with Gasteiger partial charge in [-0.05, 0) is 12.1 Å². The lowest BCUT2D eigenvalue weighted by Crippen LogP contribution is -1.86. The van der Waals surface area contributed by atoms with E-state index >= 15 is 0 Å². The minimum atomic E-state index is 0.924. The van der Waals surface area contributed by atoms with E-state index in [0.717, 1.165) is 5.69 Å². The van der Waals surface area contributed by atoms with Crippen molar-refractivity contribution in [1.29, 1.82) is 0 Å². The Morgan fingerprint density at radius 3 is 2.88 bits per heavy atom. The molecule has 0 aliphatic heterocycles. The molecule has 42 valence electrons. The first-order chi connectivity index (χ1) is 3.83. The molecule has 0 atom stereocenters. The Bertz CT molecular complexity index is 188. The maximum Gasteiger partial charge on any atom is 0.0844 e. The molecular weight excluding hydrogens is 100 g/mol. The van der Waals surface area contributed by atoms with Crippen molar-refractivity contribution in [1.82, 2.24) is 9.78 Å². The average Bonchev–Trinajstić information content (AvgIpc) is 2.14. The van der Waals surface area contributed by atoms with E-state index in [1.807, 2.05) is 19.3 Å². The number of hydrogen-bond acceptors (Lipinski definition) is 1. The Labute approximate surface area is 48.4 Å². The average molecular weight is 108 g/mol. The van der Waals surface area contributed by atoms with Crippen LogP contribution in [0.15, 0.2) is 18.8 Å². The van der Waals surface area contributed by atoms with Crippen molar-refractivity contribution in [3.05, 3.63) is 24.5 Å². The molecule has 0 N–H and O–H groups in total. The van der Waals surface area contributed by atoms with Crippen LogP contribution in [0.25, 0.3) is 6.08 Å². The van der Waals surface area contributed by atoms with Gasteiger partial charge in [0, 0.05) is 13.2 Å². The molecule has 1 rings (SSSR count). The van der Waals surface area contributed by atoms with Gasteiger partial charge in [0.25, 0.3) is 0 Å². The third kappa shape index (κ3) is 0.780. The summed E-state index contributed by atoms with van der Waals surface area (Å²) >= 11 is 0. The monoisotopic (exact) mass is 108 g/mol. The molecule has 0 spiro atoms. The molecule has 0 unspecified atom stereocenters. The second-order valence-corrected chi connectivity index (χ2v) is 1.62. The van der Waals surface area contributed by atoms with E-state index in [1.165, 1.54) is 0 Å². The fourth-order valence-electron chi connectivity index (χ4n) is 0.542. The lowest BCUT2D eigenvalue weighted by atomic mass is 10.4. The van der Waals surface area contributed by atoms with Gasteiger partial charge in [0.05, 0.1) is 5.69 Å². The van der Waals surface area contributed by atoms with E-state index in [2.05, 4.69) is 11.7 Å². The molecule has 2 heteroatoms. The summed E-state index contributed by atoms with van der Waals surface area (Å²) in [5.41, 5.74) is 0.924. The summed E-state index contributed by atoms with van der Waals surface area (Å²) in [7, 11) is 1.88. The minimum absolute atomic E-state index is 0.924. The first kappa shape index (κ1) is 5.09. The molecule has 0 radical (unpaired) electrons. The summed E-state index contributed by atoms with van der Waals surface area (Å²) < 4.78 is 1.75. The van der Waals surface area contributed by atoms with Crippen LogP contribution in [0.2, 0.25) is 0 Å². The largest absolute Gasteiger partial charge is 0.275 e. The predicted octanol–water partition coefficient (Wildman–Crippen LogP) is 1.06. The highest BCUT2D eigenvalue weighted by molar-refractivity contribution is 5.39. The van der Waals surface area contributed by atoms with Crippen molar-refractivity contribution < 1.29 is 0 Å². The van der Waals surface area contributed by atoms with Crippen LogP contribution >= 0.6 is 0 Å². The van der Waals surface area contributed by atoms with E-state index < -0.39 is 0 Å². The Balaban J connectivity index is 3.00. The molecule has 2 nitrogen and oxygen atoms in total. The number of hydrogen-bond donors (Lipinski definition) is 0. The number of rotatable bonds is 1. The predicted molar refractivity (Wildman–Crippen MR) is 33.3 cm³/mol. The summed E-state index contributed by atoms with van der Waals surface area (Å²) in [6.45, 7) is 3.57. The summed E-state index contributed by atoms with van der Waals surface area (Å²) in [5, 5.41) is 4.03. The molecule has 8 heavy (non-hydrogen) atoms. The van der Waals surface area contributed by atoms with Crippen LogP contribution in [0, 0.1) is 0 Å². The minimum Gasteiger partial charge on any atom is -0.275 e. The van der Waals surface area contributed by atoms with Gasteiger partial charge in [0.2, 0.25) is 0 Å². The second-order valence-electron chi connectivity index (χ2n) is 1.62. The van der Waals surface area contributed by atoms with Gasteiger partial charge < -0.3 is 0 Å². The van der Waals surface area contributed by atoms with Gasteiger partial charge in [0.1, 0.15) is 0 Å². The van der Waals surface area contributed by atoms with Crippen molar-refractivity contribution in [2.24, 2.45) is 7.05 Å². The normalized spacial score (nSPS) is 9.12. The van der Waals surface area contributed by atoms with E-state index in [9.17, 15) is 0 Å². The molecule has 0 saturated heterocycles. The molecule has 0 aliphatic carbocycles. The summed E-state index contributed by atoms with van der Waals surface area (Å²) in [4.78, 5) is 0. The van der Waals surface area contributed by atoms with Crippen LogP contribution < -0.4 is 0 Å². The summed E-state index contributed by atoms with van der Waals surface area (Å²) in [5.74, 6) is 0. The highest BCUT2D eigenvalue weighted by Gasteiger charge is 1.85. The van der Waals surface area contributed by atoms with Gasteiger partial charge in [-0.15, -0.1) is 0 Å². The van der Waals surface area contributed by atoms with Gasteiger partial charge in [-0.25, -0.2) is 0 Å². The lowest BCUT2D eigenvalue weighted by molar-refractivity contribution is 0.764. The molecule has 1 aromatic rings. The van der Waals surface area contributed by atoms with Crippen molar-refractivity contribution in [3.63, 3.8) is 0 Å². The van der Waals surface area contributed by atoms with Crippen LogP contribution in [-0.4, -0.2) is 9.78 Å². The van der Waals surface area contributed by atoms with Gasteiger partial charge in [0.15, 0.2) is 0 Å². The Kier molecular flexibility index (Phi) is 1.16. The highest BCUT2D eigenvalue weighted by Crippen LogP contribution is 1.92. The Morgan fingerprint density at radius 1 is 1.88 bits per heavy atom. The smallest absolute Gasteiger partial charge is 0.0844 e. The van der Waals surface area contributed by atoms with E-state index in [-0.39, 0.29) is 0 Å². The van der Waals surface area contributed by atoms with Gasteiger partial charge >= 0.3 is 0 Å². The van der Waals surface area contributed by atoms with Crippen LogP contribution in [0.3, 0.4) is 0 Å². The van der Waals surface area contributed by atoms with Crippen molar-refractivity contribution >= 4 is 6.08 Å². The quantitative estimate of drug-likeness (QED) is 0.526. The fraction of sp³-hybridized carbons (Fsp3) is 0.167. The maximum atomic E-state index is 4.03. The van der Waals surface area contributed by atoms with Crippen molar-refractivity contribution in [2.45, 2.75) is 0 Å². The zero-order chi connectivity index (χ0) is 5.98. The fourth-order valence-corrected chi connectivity index (χ4v) is 0.542. The molecule has 0 aromatic carbocycles. The Hall–Kier alpha value is -1.05. The standard InChI is InChI=1S/C6H8N2/c1-3-6-4-5-8(2)7-6/h3-5H,1H2,2H3. The topological polar surface area (TPSA) is 17.8 Å². The van der Waals surface area contributed by atoms with E-state index in [0.29, 0.717) is 0 Å². The van der Waals surface area contributed by atoms with Crippen molar-refractivity contribution in [2.75, 3.05) is 0 Å². The van der Waals surface area contributed by atoms with E-state index in [4.69, 9.17) is 0 Å². The Morgan fingerprint density at radius 2 is 2.62 bits per heavy atom. The first-order valence-corrected chi connectivity index (χ1v) is 2.45. The number of aromatic nitrogens is 2. The molecule has 0 fully saturated rings. The highest BCUT2D eigenvalue weighted by atomic mass is 15.2. The maximum absolute atomic E-state index is 4.03. The van der Waals surface area contributed by atoms with Gasteiger partial charge in [-0.3, -0.25) is 4.68 Å². The summed E-state index contributed by atoms with van der Waals surface area (Å²) in [6, 6.07) is 1.91. The van der Waals surface area contributed by atoms with E-state index in [1.54, 1.807) is 10.8 Å². The second kappa shape index (κ2) is 1.82. The first-order valence-electron chi connectivity index (χ1n) is 2.45. The SMILES string of the molecule is C=Cc1ccn(C)n1. The zero-order valence-corrected chi connectivity index (χ0v) is 4.83. The molecule has 1 heterocycles. The molecule has 0 aliphatic rings. The molecule has 0 bridgehead atoms. The lowest BCUT2D eigenvalue weighted by Gasteiger charge is -1.80. The van der Waals surface area contributed by atoms with Gasteiger partial charge in [-0.2, -0.15) is 5.10 Å². The van der Waals surface area contributed by atoms with Crippen LogP contribution in [0.5, 0.6) is 0 Å². The van der Waals surface area contributed by atoms with Crippen LogP contribution in [-0.2, 0) is 7.05 Å².